The molecule has 13 heteroatoms. The van der Waals surface area contributed by atoms with E-state index in [1.165, 1.54) is 43.0 Å². The maximum absolute atomic E-state index is 15.5. The molecule has 0 amide bonds. The standard InChI is InChI=1S/C36H32F2N6O5/c1-46-31-19-29-25(18-32(31)48-14-2-11-44-12-15-47-16-13-44)36(42-21-41-29)49-30-8-7-24(17-27(30)38)43-35-33-28(9-10-39-35)40-20-26(34(33)45)22-3-5-23(37)6-4-22/h3-10,17-21H,2,11-16H2,1H3,(H,39,43)(H,40,45). The summed E-state index contributed by atoms with van der Waals surface area (Å²) in [5.41, 5.74) is 2.33. The maximum atomic E-state index is 15.5. The fourth-order valence-corrected chi connectivity index (χ4v) is 5.65. The van der Waals surface area contributed by atoms with Crippen LogP contribution < -0.4 is 19.5 Å². The summed E-state index contributed by atoms with van der Waals surface area (Å²) < 4.78 is 52.0. The molecule has 0 saturated carbocycles. The number of hydrogen-bond donors (Lipinski definition) is 2. The minimum atomic E-state index is -0.667. The monoisotopic (exact) mass is 666 g/mol. The van der Waals surface area contributed by atoms with E-state index in [2.05, 4.69) is 30.2 Å². The third-order valence-electron chi connectivity index (χ3n) is 8.17. The van der Waals surface area contributed by atoms with Gasteiger partial charge in [-0.1, -0.05) is 12.1 Å². The van der Waals surface area contributed by atoms with E-state index >= 15 is 4.39 Å². The minimum Gasteiger partial charge on any atom is -0.506 e. The van der Waals surface area contributed by atoms with Gasteiger partial charge >= 0.3 is 0 Å². The molecule has 1 aliphatic heterocycles. The number of halogens is 2. The Morgan fingerprint density at radius 3 is 2.53 bits per heavy atom. The molecule has 49 heavy (non-hydrogen) atoms. The van der Waals surface area contributed by atoms with Crippen molar-refractivity contribution in [1.29, 1.82) is 0 Å². The zero-order chi connectivity index (χ0) is 33.7. The van der Waals surface area contributed by atoms with Gasteiger partial charge in [0.25, 0.3) is 0 Å². The summed E-state index contributed by atoms with van der Waals surface area (Å²) in [5.74, 6) is 0.187. The number of nitrogens with zero attached hydrogens (tertiary/aromatic N) is 5. The van der Waals surface area contributed by atoms with Gasteiger partial charge in [0.1, 0.15) is 23.7 Å². The van der Waals surface area contributed by atoms with E-state index in [-0.39, 0.29) is 23.2 Å². The summed E-state index contributed by atoms with van der Waals surface area (Å²) in [5, 5.41) is 15.1. The summed E-state index contributed by atoms with van der Waals surface area (Å²) in [6.45, 7) is 4.67. The van der Waals surface area contributed by atoms with Crippen molar-refractivity contribution in [2.75, 3.05) is 51.9 Å². The van der Waals surface area contributed by atoms with Crippen LogP contribution in [0.2, 0.25) is 0 Å². The molecule has 1 aliphatic rings. The minimum absolute atomic E-state index is 0.0664. The highest BCUT2D eigenvalue weighted by Gasteiger charge is 2.18. The van der Waals surface area contributed by atoms with Crippen LogP contribution in [0.3, 0.4) is 0 Å². The molecule has 1 fully saturated rings. The van der Waals surface area contributed by atoms with E-state index in [0.29, 0.717) is 56.7 Å². The number of aromatic hydroxyl groups is 1. The van der Waals surface area contributed by atoms with Crippen molar-refractivity contribution < 1.29 is 32.8 Å². The van der Waals surface area contributed by atoms with Gasteiger partial charge in [-0.25, -0.2) is 23.7 Å². The van der Waals surface area contributed by atoms with Crippen molar-refractivity contribution in [2.24, 2.45) is 0 Å². The molecule has 0 aliphatic carbocycles. The number of pyridine rings is 2. The largest absolute Gasteiger partial charge is 0.506 e. The number of ether oxygens (including phenoxy) is 4. The molecular formula is C36H32F2N6O5. The number of morpholine rings is 1. The van der Waals surface area contributed by atoms with Gasteiger partial charge in [-0.3, -0.25) is 9.88 Å². The molecule has 250 valence electrons. The molecule has 1 saturated heterocycles. The highest BCUT2D eigenvalue weighted by molar-refractivity contribution is 6.00. The second-order valence-electron chi connectivity index (χ2n) is 11.3. The topological polar surface area (TPSA) is 124 Å². The summed E-state index contributed by atoms with van der Waals surface area (Å²) in [7, 11) is 1.56. The van der Waals surface area contributed by atoms with Crippen molar-refractivity contribution in [3.05, 3.63) is 91.0 Å². The molecule has 11 nitrogen and oxygen atoms in total. The Hall–Kier alpha value is -5.66. The second kappa shape index (κ2) is 14.2. The van der Waals surface area contributed by atoms with E-state index in [1.807, 2.05) is 0 Å². The molecule has 3 aromatic heterocycles. The first-order valence-corrected chi connectivity index (χ1v) is 15.7. The van der Waals surface area contributed by atoms with E-state index < -0.39 is 11.6 Å². The molecular weight excluding hydrogens is 634 g/mol. The Bertz CT molecular complexity index is 2110. The van der Waals surface area contributed by atoms with Crippen LogP contribution in [0.15, 0.2) is 79.4 Å². The Labute approximate surface area is 280 Å². The lowest BCUT2D eigenvalue weighted by molar-refractivity contribution is 0.0357. The smallest absolute Gasteiger partial charge is 0.230 e. The number of rotatable bonds is 11. The van der Waals surface area contributed by atoms with E-state index in [4.69, 9.17) is 18.9 Å². The maximum Gasteiger partial charge on any atom is 0.230 e. The first-order chi connectivity index (χ1) is 24.0. The Morgan fingerprint density at radius 2 is 1.73 bits per heavy atom. The Kier molecular flexibility index (Phi) is 9.26. The molecule has 4 heterocycles. The summed E-state index contributed by atoms with van der Waals surface area (Å²) >= 11 is 0. The van der Waals surface area contributed by atoms with Gasteiger partial charge in [0.05, 0.1) is 48.7 Å². The van der Waals surface area contributed by atoms with Gasteiger partial charge in [0, 0.05) is 55.4 Å². The number of methoxy groups -OCH3 is 1. The predicted octanol–water partition coefficient (Wildman–Crippen LogP) is 6.87. The predicted molar refractivity (Wildman–Crippen MR) is 180 cm³/mol. The summed E-state index contributed by atoms with van der Waals surface area (Å²) in [6.07, 6.45) is 5.19. The highest BCUT2D eigenvalue weighted by Crippen LogP contribution is 2.40. The lowest BCUT2D eigenvalue weighted by Crippen LogP contribution is -2.37. The van der Waals surface area contributed by atoms with Crippen LogP contribution >= 0.6 is 0 Å². The lowest BCUT2D eigenvalue weighted by atomic mass is 10.0. The van der Waals surface area contributed by atoms with Crippen LogP contribution in [-0.4, -0.2) is 76.5 Å². The third kappa shape index (κ3) is 6.98. The molecule has 7 rings (SSSR count). The Morgan fingerprint density at radius 1 is 0.898 bits per heavy atom. The fourth-order valence-electron chi connectivity index (χ4n) is 5.65. The normalized spacial score (nSPS) is 13.4. The first kappa shape index (κ1) is 31.9. The average molecular weight is 667 g/mol. The second-order valence-corrected chi connectivity index (χ2v) is 11.3. The van der Waals surface area contributed by atoms with Crippen LogP contribution in [0.1, 0.15) is 6.42 Å². The molecule has 0 unspecified atom stereocenters. The zero-order valence-electron chi connectivity index (χ0n) is 26.5. The van der Waals surface area contributed by atoms with E-state index in [0.717, 1.165) is 39.3 Å². The van der Waals surface area contributed by atoms with Gasteiger partial charge < -0.3 is 29.4 Å². The van der Waals surface area contributed by atoms with Gasteiger partial charge in [0.15, 0.2) is 23.1 Å². The Balaban J connectivity index is 1.10. The summed E-state index contributed by atoms with van der Waals surface area (Å²) in [4.78, 5) is 19.8. The molecule has 6 aromatic rings. The van der Waals surface area contributed by atoms with Crippen molar-refractivity contribution in [1.82, 2.24) is 24.8 Å². The van der Waals surface area contributed by atoms with Crippen LogP contribution in [0.4, 0.5) is 20.3 Å². The number of fused-ring (bicyclic) bond motifs is 2. The SMILES string of the molecule is COc1cc2ncnc(Oc3ccc(Nc4nccc5ncc(-c6ccc(F)cc6)c(O)c45)cc3F)c2cc1OCCCN1CCOCC1. The van der Waals surface area contributed by atoms with E-state index in [1.54, 1.807) is 43.5 Å². The van der Waals surface area contributed by atoms with Crippen LogP contribution in [-0.2, 0) is 4.74 Å². The number of hydrogen-bond acceptors (Lipinski definition) is 11. The first-order valence-electron chi connectivity index (χ1n) is 15.7. The van der Waals surface area contributed by atoms with Gasteiger partial charge in [-0.05, 0) is 48.4 Å². The van der Waals surface area contributed by atoms with Gasteiger partial charge in [-0.15, -0.1) is 0 Å². The average Bonchev–Trinajstić information content (AvgIpc) is 3.12. The lowest BCUT2D eigenvalue weighted by Gasteiger charge is -2.26. The number of anilines is 2. The number of benzene rings is 3. The fraction of sp³-hybridized carbons (Fsp3) is 0.222. The van der Waals surface area contributed by atoms with Crippen molar-refractivity contribution >= 4 is 33.3 Å². The molecule has 0 bridgehead atoms. The zero-order valence-corrected chi connectivity index (χ0v) is 26.5. The number of nitrogens with one attached hydrogen (secondary N) is 1. The highest BCUT2D eigenvalue weighted by atomic mass is 19.1. The van der Waals surface area contributed by atoms with Crippen molar-refractivity contribution in [3.8, 4) is 40.0 Å². The summed E-state index contributed by atoms with van der Waals surface area (Å²) in [6, 6.07) is 15.1. The van der Waals surface area contributed by atoms with E-state index in [9.17, 15) is 9.50 Å². The molecule has 0 spiro atoms. The van der Waals surface area contributed by atoms with Crippen LogP contribution in [0.5, 0.6) is 28.9 Å². The van der Waals surface area contributed by atoms with Gasteiger partial charge in [-0.2, -0.15) is 0 Å². The van der Waals surface area contributed by atoms with Crippen molar-refractivity contribution in [3.63, 3.8) is 0 Å². The third-order valence-corrected chi connectivity index (χ3v) is 8.17. The molecule has 0 radical (unpaired) electrons. The quantitative estimate of drug-likeness (QED) is 0.141. The van der Waals surface area contributed by atoms with Crippen LogP contribution in [0, 0.1) is 11.6 Å². The van der Waals surface area contributed by atoms with Crippen LogP contribution in [0.25, 0.3) is 32.9 Å². The van der Waals surface area contributed by atoms with Crippen molar-refractivity contribution in [2.45, 2.75) is 6.42 Å². The molecule has 2 N–H and O–H groups in total. The molecule has 0 atom stereocenters. The molecule has 3 aromatic carbocycles. The number of aromatic nitrogens is 4. The van der Waals surface area contributed by atoms with Gasteiger partial charge in [0.2, 0.25) is 5.88 Å².